The summed E-state index contributed by atoms with van der Waals surface area (Å²) in [6.07, 6.45) is 1.56. The molecule has 0 aliphatic carbocycles. The Labute approximate surface area is 106 Å². The molecule has 0 aliphatic rings. The normalized spacial score (nSPS) is 10.1. The molecule has 0 aliphatic heterocycles. The Balaban J connectivity index is 2.09. The molecule has 0 spiro atoms. The first-order valence-electron chi connectivity index (χ1n) is 5.64. The summed E-state index contributed by atoms with van der Waals surface area (Å²) >= 11 is 0. The van der Waals surface area contributed by atoms with Crippen LogP contribution in [0.2, 0.25) is 0 Å². The molecule has 4 heteroatoms. The molecule has 1 aromatic carbocycles. The topological polar surface area (TPSA) is 51.6 Å². The number of benzene rings is 1. The van der Waals surface area contributed by atoms with Crippen molar-refractivity contribution in [1.29, 1.82) is 0 Å². The lowest BCUT2D eigenvalue weighted by molar-refractivity contribution is 0.268. The van der Waals surface area contributed by atoms with Gasteiger partial charge in [0, 0.05) is 6.07 Å². The second-order valence-corrected chi connectivity index (χ2v) is 3.76. The van der Waals surface area contributed by atoms with E-state index < -0.39 is 0 Å². The van der Waals surface area contributed by atoms with Gasteiger partial charge in [-0.2, -0.15) is 0 Å². The number of nitrogens with zero attached hydrogens (tertiary/aromatic N) is 1. The molecule has 2 rings (SSSR count). The second kappa shape index (κ2) is 6.02. The minimum atomic E-state index is -0.116. The van der Waals surface area contributed by atoms with E-state index in [1.165, 1.54) is 0 Å². The van der Waals surface area contributed by atoms with E-state index in [9.17, 15) is 0 Å². The van der Waals surface area contributed by atoms with E-state index in [0.717, 1.165) is 5.56 Å². The van der Waals surface area contributed by atoms with Crippen LogP contribution in [0.5, 0.6) is 11.5 Å². The lowest BCUT2D eigenvalue weighted by atomic mass is 10.2. The fourth-order valence-electron chi connectivity index (χ4n) is 1.55. The largest absolute Gasteiger partial charge is 0.493 e. The van der Waals surface area contributed by atoms with Crippen molar-refractivity contribution in [2.75, 3.05) is 7.11 Å². The Hall–Kier alpha value is -2.07. The molecule has 1 N–H and O–H groups in total. The number of methoxy groups -OCH3 is 1. The molecule has 0 saturated heterocycles. The molecule has 0 saturated carbocycles. The highest BCUT2D eigenvalue weighted by molar-refractivity contribution is 5.39. The molecule has 94 valence electrons. The number of ether oxygens (including phenoxy) is 2. The van der Waals surface area contributed by atoms with E-state index in [1.807, 2.05) is 30.3 Å². The first-order chi connectivity index (χ1) is 8.83. The number of rotatable bonds is 5. The molecule has 0 fully saturated rings. The predicted molar refractivity (Wildman–Crippen MR) is 67.5 cm³/mol. The summed E-state index contributed by atoms with van der Waals surface area (Å²) in [4.78, 5) is 4.06. The van der Waals surface area contributed by atoms with Gasteiger partial charge in [0.1, 0.15) is 6.61 Å². The zero-order chi connectivity index (χ0) is 12.8. The second-order valence-electron chi connectivity index (χ2n) is 3.76. The van der Waals surface area contributed by atoms with E-state index in [1.54, 1.807) is 19.4 Å². The SMILES string of the molecule is COc1cc(CO)ncc1OCc1ccccc1. The van der Waals surface area contributed by atoms with Crippen molar-refractivity contribution >= 4 is 0 Å². The molecule has 18 heavy (non-hydrogen) atoms. The van der Waals surface area contributed by atoms with Crippen molar-refractivity contribution in [3.8, 4) is 11.5 Å². The van der Waals surface area contributed by atoms with Crippen LogP contribution in [0.4, 0.5) is 0 Å². The van der Waals surface area contributed by atoms with Gasteiger partial charge in [0.15, 0.2) is 11.5 Å². The number of hydrogen-bond acceptors (Lipinski definition) is 4. The predicted octanol–water partition coefficient (Wildman–Crippen LogP) is 2.16. The van der Waals surface area contributed by atoms with Crippen molar-refractivity contribution in [3.05, 3.63) is 53.9 Å². The van der Waals surface area contributed by atoms with Crippen LogP contribution in [-0.4, -0.2) is 17.2 Å². The third-order valence-electron chi connectivity index (χ3n) is 2.51. The summed E-state index contributed by atoms with van der Waals surface area (Å²) in [5.41, 5.74) is 1.63. The van der Waals surface area contributed by atoms with Crippen molar-refractivity contribution in [2.45, 2.75) is 13.2 Å². The molecule has 0 radical (unpaired) electrons. The van der Waals surface area contributed by atoms with Crippen LogP contribution in [0, 0.1) is 0 Å². The molecule has 0 bridgehead atoms. The Morgan fingerprint density at radius 3 is 2.61 bits per heavy atom. The summed E-state index contributed by atoms with van der Waals surface area (Å²) in [6.45, 7) is 0.340. The lowest BCUT2D eigenvalue weighted by Gasteiger charge is -2.11. The summed E-state index contributed by atoms with van der Waals surface area (Å²) in [5.74, 6) is 1.14. The fourth-order valence-corrected chi connectivity index (χ4v) is 1.55. The summed E-state index contributed by atoms with van der Waals surface area (Å²) in [6, 6.07) is 11.5. The minimum Gasteiger partial charge on any atom is -0.493 e. The van der Waals surface area contributed by atoms with Gasteiger partial charge in [-0.05, 0) is 5.56 Å². The smallest absolute Gasteiger partial charge is 0.179 e. The van der Waals surface area contributed by atoms with Gasteiger partial charge >= 0.3 is 0 Å². The molecular formula is C14H15NO3. The molecule has 0 unspecified atom stereocenters. The monoisotopic (exact) mass is 245 g/mol. The standard InChI is InChI=1S/C14H15NO3/c1-17-13-7-12(9-16)15-8-14(13)18-10-11-5-3-2-4-6-11/h2-8,16H,9-10H2,1H3. The fraction of sp³-hybridized carbons (Fsp3) is 0.214. The minimum absolute atomic E-state index is 0.116. The highest BCUT2D eigenvalue weighted by atomic mass is 16.5. The van der Waals surface area contributed by atoms with Gasteiger partial charge in [0.05, 0.1) is 25.6 Å². The Kier molecular flexibility index (Phi) is 4.15. The van der Waals surface area contributed by atoms with Gasteiger partial charge in [-0.3, -0.25) is 4.98 Å². The van der Waals surface area contributed by atoms with Crippen LogP contribution in [-0.2, 0) is 13.2 Å². The summed E-state index contributed by atoms with van der Waals surface area (Å²) in [7, 11) is 1.56. The van der Waals surface area contributed by atoms with Crippen molar-refractivity contribution < 1.29 is 14.6 Å². The van der Waals surface area contributed by atoms with Gasteiger partial charge in [-0.15, -0.1) is 0 Å². The number of aromatic nitrogens is 1. The maximum absolute atomic E-state index is 9.00. The van der Waals surface area contributed by atoms with Gasteiger partial charge in [0.2, 0.25) is 0 Å². The third kappa shape index (κ3) is 2.99. The lowest BCUT2D eigenvalue weighted by Crippen LogP contribution is -1.99. The zero-order valence-corrected chi connectivity index (χ0v) is 10.2. The molecule has 0 amide bonds. The quantitative estimate of drug-likeness (QED) is 0.877. The van der Waals surface area contributed by atoms with Gasteiger partial charge in [0.25, 0.3) is 0 Å². The molecule has 4 nitrogen and oxygen atoms in total. The average Bonchev–Trinajstić information content (AvgIpc) is 2.46. The number of hydrogen-bond donors (Lipinski definition) is 1. The van der Waals surface area contributed by atoms with E-state index >= 15 is 0 Å². The molecular weight excluding hydrogens is 230 g/mol. The number of pyridine rings is 1. The molecule has 1 aromatic heterocycles. The maximum Gasteiger partial charge on any atom is 0.179 e. The summed E-state index contributed by atoms with van der Waals surface area (Å²) in [5, 5.41) is 9.00. The number of aliphatic hydroxyl groups excluding tert-OH is 1. The van der Waals surface area contributed by atoms with Crippen molar-refractivity contribution in [3.63, 3.8) is 0 Å². The van der Waals surface area contributed by atoms with E-state index in [4.69, 9.17) is 14.6 Å². The average molecular weight is 245 g/mol. The summed E-state index contributed by atoms with van der Waals surface area (Å²) < 4.78 is 10.8. The molecule has 0 atom stereocenters. The van der Waals surface area contributed by atoms with E-state index in [2.05, 4.69) is 4.98 Å². The Bertz CT molecular complexity index is 500. The third-order valence-corrected chi connectivity index (χ3v) is 2.51. The molecule has 1 heterocycles. The van der Waals surface area contributed by atoms with Crippen molar-refractivity contribution in [2.24, 2.45) is 0 Å². The molecule has 2 aromatic rings. The van der Waals surface area contributed by atoms with E-state index in [0.29, 0.717) is 23.8 Å². The van der Waals surface area contributed by atoms with Crippen LogP contribution in [0.15, 0.2) is 42.6 Å². The van der Waals surface area contributed by atoms with Crippen LogP contribution in [0.3, 0.4) is 0 Å². The first-order valence-corrected chi connectivity index (χ1v) is 5.64. The Morgan fingerprint density at radius 2 is 1.94 bits per heavy atom. The van der Waals surface area contributed by atoms with Crippen LogP contribution in [0.1, 0.15) is 11.3 Å². The van der Waals surface area contributed by atoms with Gasteiger partial charge < -0.3 is 14.6 Å². The van der Waals surface area contributed by atoms with Gasteiger partial charge in [-0.1, -0.05) is 30.3 Å². The first kappa shape index (κ1) is 12.4. The van der Waals surface area contributed by atoms with Crippen molar-refractivity contribution in [1.82, 2.24) is 4.98 Å². The highest BCUT2D eigenvalue weighted by Gasteiger charge is 2.06. The number of aliphatic hydroxyl groups is 1. The van der Waals surface area contributed by atoms with Gasteiger partial charge in [-0.25, -0.2) is 0 Å². The zero-order valence-electron chi connectivity index (χ0n) is 10.2. The van der Waals surface area contributed by atoms with Crippen LogP contribution in [0.25, 0.3) is 0 Å². The van der Waals surface area contributed by atoms with Crippen LogP contribution < -0.4 is 9.47 Å². The highest BCUT2D eigenvalue weighted by Crippen LogP contribution is 2.27. The van der Waals surface area contributed by atoms with Crippen LogP contribution >= 0.6 is 0 Å². The van der Waals surface area contributed by atoms with E-state index in [-0.39, 0.29) is 6.61 Å². The maximum atomic E-state index is 9.00. The Morgan fingerprint density at radius 1 is 1.17 bits per heavy atom.